The van der Waals surface area contributed by atoms with E-state index in [1.165, 1.54) is 103 Å². The van der Waals surface area contributed by atoms with Crippen LogP contribution in [0.15, 0.2) is 12.2 Å². The molecule has 0 saturated carbocycles. The van der Waals surface area contributed by atoms with Gasteiger partial charge in [-0.1, -0.05) is 161 Å². The summed E-state index contributed by atoms with van der Waals surface area (Å²) in [6.07, 6.45) is 34.6. The second kappa shape index (κ2) is 38.0. The fourth-order valence-electron chi connectivity index (χ4n) is 5.87. The van der Waals surface area contributed by atoms with Gasteiger partial charge in [0.2, 0.25) is 0 Å². The van der Waals surface area contributed by atoms with Crippen LogP contribution in [-0.4, -0.2) is 65.7 Å². The number of carbonyl (C=O) groups excluding carboxylic acids is 2. The van der Waals surface area contributed by atoms with E-state index in [0.29, 0.717) is 12.8 Å². The zero-order valence-electron chi connectivity index (χ0n) is 33.3. The first kappa shape index (κ1) is 50.7. The van der Waals surface area contributed by atoms with Crippen LogP contribution in [0.1, 0.15) is 200 Å². The summed E-state index contributed by atoms with van der Waals surface area (Å²) in [6, 6.07) is 0. The Kier molecular flexibility index (Phi) is 37.1. The normalized spacial score (nSPS) is 14.0. The first-order valence-corrected chi connectivity index (χ1v) is 22.6. The van der Waals surface area contributed by atoms with Crippen molar-refractivity contribution >= 4 is 19.8 Å². The summed E-state index contributed by atoms with van der Waals surface area (Å²) in [5, 5.41) is 18.3. The summed E-state index contributed by atoms with van der Waals surface area (Å²) in [7, 11) is -4.61. The fraction of sp³-hybridized carbons (Fsp3) is 0.902. The monoisotopic (exact) mass is 763 g/mol. The van der Waals surface area contributed by atoms with Gasteiger partial charge in [0.25, 0.3) is 0 Å². The fourth-order valence-corrected chi connectivity index (χ4v) is 6.66. The molecule has 0 aliphatic carbocycles. The number of aliphatic hydroxyl groups excluding tert-OH is 2. The Bertz CT molecular complexity index is 884. The quantitative estimate of drug-likeness (QED) is 0.0238. The molecule has 52 heavy (non-hydrogen) atoms. The first-order valence-electron chi connectivity index (χ1n) is 21.1. The standard InChI is InChI=1S/C41H79O10P/c1-3-5-7-9-11-13-15-17-19-21-22-24-26-28-30-32-40(44)48-36-39(37-50-52(46,47)49-35-38(43)34-42)51-41(45)33-31-29-27-25-23-20-18-16-14-12-10-8-6-4-2/h16,18,38-39,42-43H,3-15,17,19-37H2,1-2H3,(H,46,47)/b18-16+/t38-,39+/m0/s1. The van der Waals surface area contributed by atoms with Crippen molar-refractivity contribution in [1.29, 1.82) is 0 Å². The van der Waals surface area contributed by atoms with Crippen LogP contribution in [0, 0.1) is 0 Å². The van der Waals surface area contributed by atoms with E-state index in [0.717, 1.165) is 57.8 Å². The number of ether oxygens (including phenoxy) is 2. The zero-order chi connectivity index (χ0) is 38.4. The van der Waals surface area contributed by atoms with E-state index >= 15 is 0 Å². The Balaban J connectivity index is 4.30. The van der Waals surface area contributed by atoms with Crippen LogP contribution >= 0.6 is 7.82 Å². The number of rotatable bonds is 40. The predicted octanol–water partition coefficient (Wildman–Crippen LogP) is 10.8. The van der Waals surface area contributed by atoms with Crippen molar-refractivity contribution in [3.63, 3.8) is 0 Å². The Morgan fingerprint density at radius 1 is 0.558 bits per heavy atom. The SMILES string of the molecule is CCCCCCC/C=C/CCCCCCCC(=O)O[C@H](COC(=O)CCCCCCCCCCCCCCCCC)COP(=O)(O)OC[C@@H](O)CO. The molecule has 0 saturated heterocycles. The van der Waals surface area contributed by atoms with Crippen molar-refractivity contribution in [3.05, 3.63) is 12.2 Å². The average Bonchev–Trinajstić information content (AvgIpc) is 3.13. The Morgan fingerprint density at radius 2 is 0.942 bits per heavy atom. The lowest BCUT2D eigenvalue weighted by Gasteiger charge is -2.20. The van der Waals surface area contributed by atoms with E-state index in [9.17, 15) is 24.2 Å². The summed E-state index contributed by atoms with van der Waals surface area (Å²) >= 11 is 0. The van der Waals surface area contributed by atoms with Crippen LogP contribution in [0.4, 0.5) is 0 Å². The number of esters is 2. The molecule has 0 bridgehead atoms. The van der Waals surface area contributed by atoms with Crippen LogP contribution in [0.2, 0.25) is 0 Å². The topological polar surface area (TPSA) is 149 Å². The maximum absolute atomic E-state index is 12.6. The highest BCUT2D eigenvalue weighted by Crippen LogP contribution is 2.43. The third-order valence-electron chi connectivity index (χ3n) is 9.17. The minimum absolute atomic E-state index is 0.178. The molecule has 0 aromatic heterocycles. The largest absolute Gasteiger partial charge is 0.472 e. The van der Waals surface area contributed by atoms with Crippen molar-refractivity contribution in [3.8, 4) is 0 Å². The lowest BCUT2D eigenvalue weighted by Crippen LogP contribution is -2.29. The maximum atomic E-state index is 12.6. The molecule has 0 spiro atoms. The van der Waals surface area contributed by atoms with Crippen molar-refractivity contribution < 1.29 is 47.8 Å². The van der Waals surface area contributed by atoms with Gasteiger partial charge in [0.05, 0.1) is 19.8 Å². The second-order valence-corrected chi connectivity index (χ2v) is 15.8. The van der Waals surface area contributed by atoms with Gasteiger partial charge in [0, 0.05) is 12.8 Å². The van der Waals surface area contributed by atoms with Crippen LogP contribution in [-0.2, 0) is 32.7 Å². The molecule has 0 heterocycles. The van der Waals surface area contributed by atoms with Gasteiger partial charge in [0.15, 0.2) is 6.10 Å². The summed E-state index contributed by atoms with van der Waals surface area (Å²) in [4.78, 5) is 34.9. The van der Waals surface area contributed by atoms with Gasteiger partial charge in [0.1, 0.15) is 12.7 Å². The molecule has 308 valence electrons. The summed E-state index contributed by atoms with van der Waals surface area (Å²) in [6.45, 7) is 2.38. The number of aliphatic hydroxyl groups is 2. The molecule has 3 atom stereocenters. The van der Waals surface area contributed by atoms with Gasteiger partial charge in [-0.3, -0.25) is 18.6 Å². The van der Waals surface area contributed by atoms with Crippen molar-refractivity contribution in [2.45, 2.75) is 212 Å². The highest BCUT2D eigenvalue weighted by molar-refractivity contribution is 7.47. The molecule has 0 aliphatic rings. The van der Waals surface area contributed by atoms with Gasteiger partial charge in [-0.25, -0.2) is 4.57 Å². The molecule has 0 aromatic rings. The van der Waals surface area contributed by atoms with Crippen molar-refractivity contribution in [1.82, 2.24) is 0 Å². The van der Waals surface area contributed by atoms with E-state index in [2.05, 4.69) is 30.5 Å². The average molecular weight is 763 g/mol. The number of hydrogen-bond donors (Lipinski definition) is 3. The first-order chi connectivity index (χ1) is 25.2. The molecular weight excluding hydrogens is 683 g/mol. The van der Waals surface area contributed by atoms with Crippen molar-refractivity contribution in [2.75, 3.05) is 26.4 Å². The van der Waals surface area contributed by atoms with Crippen LogP contribution in [0.5, 0.6) is 0 Å². The Morgan fingerprint density at radius 3 is 1.38 bits per heavy atom. The molecule has 3 N–H and O–H groups in total. The minimum atomic E-state index is -4.61. The zero-order valence-corrected chi connectivity index (χ0v) is 34.2. The van der Waals surface area contributed by atoms with Gasteiger partial charge in [-0.05, 0) is 38.5 Å². The second-order valence-electron chi connectivity index (χ2n) is 14.4. The molecular formula is C41H79O10P. The predicted molar refractivity (Wildman–Crippen MR) is 210 cm³/mol. The molecule has 11 heteroatoms. The van der Waals surface area contributed by atoms with Gasteiger partial charge < -0.3 is 24.6 Å². The van der Waals surface area contributed by atoms with Gasteiger partial charge in [-0.2, -0.15) is 0 Å². The van der Waals surface area contributed by atoms with E-state index in [-0.39, 0.29) is 19.4 Å². The molecule has 0 aromatic carbocycles. The molecule has 10 nitrogen and oxygen atoms in total. The van der Waals surface area contributed by atoms with Crippen LogP contribution in [0.25, 0.3) is 0 Å². The lowest BCUT2D eigenvalue weighted by molar-refractivity contribution is -0.161. The smallest absolute Gasteiger partial charge is 0.462 e. The van der Waals surface area contributed by atoms with Gasteiger partial charge in [-0.15, -0.1) is 0 Å². The third kappa shape index (κ3) is 37.0. The summed E-state index contributed by atoms with van der Waals surface area (Å²) in [5.41, 5.74) is 0. The minimum Gasteiger partial charge on any atom is -0.462 e. The van der Waals surface area contributed by atoms with Crippen molar-refractivity contribution in [2.24, 2.45) is 0 Å². The van der Waals surface area contributed by atoms with E-state index in [1.807, 2.05) is 0 Å². The molecule has 1 unspecified atom stereocenters. The summed E-state index contributed by atoms with van der Waals surface area (Å²) < 4.78 is 32.7. The van der Waals surface area contributed by atoms with E-state index < -0.39 is 51.8 Å². The third-order valence-corrected chi connectivity index (χ3v) is 10.1. The van der Waals surface area contributed by atoms with Crippen LogP contribution < -0.4 is 0 Å². The molecule has 0 radical (unpaired) electrons. The van der Waals surface area contributed by atoms with Gasteiger partial charge >= 0.3 is 19.8 Å². The highest BCUT2D eigenvalue weighted by atomic mass is 31.2. The molecule has 0 aliphatic heterocycles. The maximum Gasteiger partial charge on any atom is 0.472 e. The molecule has 0 fully saturated rings. The number of unbranched alkanes of at least 4 members (excludes halogenated alkanes) is 24. The summed E-state index contributed by atoms with van der Waals surface area (Å²) in [5.74, 6) is -0.926. The Labute approximate surface area is 317 Å². The number of hydrogen-bond acceptors (Lipinski definition) is 9. The highest BCUT2D eigenvalue weighted by Gasteiger charge is 2.27. The van der Waals surface area contributed by atoms with E-state index in [1.54, 1.807) is 0 Å². The molecule has 0 amide bonds. The Hall–Kier alpha value is -1.29. The molecule has 0 rings (SSSR count). The number of carbonyl (C=O) groups is 2. The van der Waals surface area contributed by atoms with Crippen LogP contribution in [0.3, 0.4) is 0 Å². The number of allylic oxidation sites excluding steroid dienone is 2. The number of phosphoric acid groups is 1. The van der Waals surface area contributed by atoms with E-state index in [4.69, 9.17) is 19.1 Å². The number of phosphoric ester groups is 1. The lowest BCUT2D eigenvalue weighted by atomic mass is 10.0.